The fraction of sp³-hybridized carbons (Fsp3) is 0.429. The Morgan fingerprint density at radius 3 is 2.33 bits per heavy atom. The van der Waals surface area contributed by atoms with Crippen molar-refractivity contribution in [1.82, 2.24) is 0 Å². The number of nitrogens with one attached hydrogen (secondary N) is 1. The van der Waals surface area contributed by atoms with E-state index >= 15 is 0 Å². The van der Waals surface area contributed by atoms with Gasteiger partial charge in [-0.15, -0.1) is 0 Å². The molecule has 0 aliphatic heterocycles. The minimum absolute atomic E-state index is 0.00360. The fourth-order valence-corrected chi connectivity index (χ4v) is 1.79. The maximum atomic E-state index is 12.4. The molecule has 0 radical (unpaired) electrons. The second-order valence-electron chi connectivity index (χ2n) is 4.60. The number of aliphatic carboxylic acids is 1. The molecule has 1 aromatic carbocycles. The number of amides is 1. The van der Waals surface area contributed by atoms with E-state index in [1.165, 1.54) is 18.2 Å². The molecular formula is C14H16F3NO3. The van der Waals surface area contributed by atoms with E-state index in [-0.39, 0.29) is 24.1 Å². The molecule has 1 aromatic rings. The van der Waals surface area contributed by atoms with Gasteiger partial charge in [0.2, 0.25) is 5.91 Å². The third-order valence-corrected chi connectivity index (χ3v) is 2.73. The van der Waals surface area contributed by atoms with Crippen LogP contribution in [0.25, 0.3) is 0 Å². The zero-order valence-electron chi connectivity index (χ0n) is 11.2. The summed E-state index contributed by atoms with van der Waals surface area (Å²) in [5.74, 6) is -1.36. The number of anilines is 1. The number of alkyl halides is 3. The number of para-hydroxylation sites is 1. The molecule has 0 aliphatic carbocycles. The van der Waals surface area contributed by atoms with E-state index in [2.05, 4.69) is 5.32 Å². The summed E-state index contributed by atoms with van der Waals surface area (Å²) in [5, 5.41) is 10.9. The van der Waals surface area contributed by atoms with Crippen LogP contribution in [0.1, 0.15) is 31.2 Å². The second-order valence-corrected chi connectivity index (χ2v) is 4.60. The van der Waals surface area contributed by atoms with Gasteiger partial charge in [-0.3, -0.25) is 9.59 Å². The van der Waals surface area contributed by atoms with Crippen molar-refractivity contribution in [3.8, 4) is 0 Å². The minimum atomic E-state index is -4.34. The molecule has 2 N–H and O–H groups in total. The Balaban J connectivity index is 2.54. The maximum absolute atomic E-state index is 12.4. The lowest BCUT2D eigenvalue weighted by atomic mass is 10.1. The zero-order chi connectivity index (χ0) is 15.9. The molecule has 0 bridgehead atoms. The van der Waals surface area contributed by atoms with E-state index in [0.29, 0.717) is 12.8 Å². The van der Waals surface area contributed by atoms with Gasteiger partial charge in [0.15, 0.2) is 0 Å². The number of carboxylic acids is 1. The number of unbranched alkanes of at least 4 members (excludes halogenated alkanes) is 1. The third kappa shape index (κ3) is 7.34. The molecule has 21 heavy (non-hydrogen) atoms. The van der Waals surface area contributed by atoms with Crippen LogP contribution in [0.15, 0.2) is 24.3 Å². The van der Waals surface area contributed by atoms with Crippen LogP contribution in [-0.4, -0.2) is 23.2 Å². The number of hydrogen-bond acceptors (Lipinski definition) is 2. The van der Waals surface area contributed by atoms with Crippen LogP contribution in [0.2, 0.25) is 0 Å². The smallest absolute Gasteiger partial charge is 0.393 e. The SMILES string of the molecule is O=C(O)CCCCC(=O)Nc1ccccc1CC(F)(F)F. The molecule has 7 heteroatoms. The third-order valence-electron chi connectivity index (χ3n) is 2.73. The van der Waals surface area contributed by atoms with Gasteiger partial charge in [-0.05, 0) is 24.5 Å². The van der Waals surface area contributed by atoms with E-state index in [4.69, 9.17) is 5.11 Å². The lowest BCUT2D eigenvalue weighted by Gasteiger charge is -2.12. The Kier molecular flexibility index (Phi) is 6.20. The van der Waals surface area contributed by atoms with Crippen molar-refractivity contribution in [3.63, 3.8) is 0 Å². The van der Waals surface area contributed by atoms with Crippen LogP contribution >= 0.6 is 0 Å². The van der Waals surface area contributed by atoms with Gasteiger partial charge in [0.25, 0.3) is 0 Å². The van der Waals surface area contributed by atoms with Crippen molar-refractivity contribution in [2.45, 2.75) is 38.3 Å². The van der Waals surface area contributed by atoms with Crippen LogP contribution < -0.4 is 5.32 Å². The van der Waals surface area contributed by atoms with Gasteiger partial charge in [0, 0.05) is 18.5 Å². The largest absolute Gasteiger partial charge is 0.481 e. The fourth-order valence-electron chi connectivity index (χ4n) is 1.79. The number of carboxylic acid groups (broad SMARTS) is 1. The molecule has 0 aromatic heterocycles. The molecule has 1 amide bonds. The number of benzene rings is 1. The Labute approximate surface area is 120 Å². The van der Waals surface area contributed by atoms with Crippen molar-refractivity contribution < 1.29 is 27.9 Å². The van der Waals surface area contributed by atoms with Crippen LogP contribution in [0.4, 0.5) is 18.9 Å². The predicted molar refractivity (Wildman–Crippen MR) is 70.9 cm³/mol. The molecule has 0 atom stereocenters. The number of carbonyl (C=O) groups is 2. The first-order chi connectivity index (χ1) is 9.78. The Morgan fingerprint density at radius 2 is 1.71 bits per heavy atom. The van der Waals surface area contributed by atoms with Crippen LogP contribution in [0.5, 0.6) is 0 Å². The summed E-state index contributed by atoms with van der Waals surface area (Å²) < 4.78 is 37.2. The molecule has 0 aliphatic rings. The molecule has 116 valence electrons. The summed E-state index contributed by atoms with van der Waals surface area (Å²) in [6.07, 6.45) is -4.68. The Bertz CT molecular complexity index is 500. The molecular weight excluding hydrogens is 287 g/mol. The van der Waals surface area contributed by atoms with Crippen molar-refractivity contribution >= 4 is 17.6 Å². The Hall–Kier alpha value is -2.05. The molecule has 1 rings (SSSR count). The highest BCUT2D eigenvalue weighted by molar-refractivity contribution is 5.91. The molecule has 0 saturated carbocycles. The predicted octanol–water partition coefficient (Wildman–Crippen LogP) is 3.37. The number of carbonyl (C=O) groups excluding carboxylic acids is 1. The molecule has 0 saturated heterocycles. The van der Waals surface area contributed by atoms with Crippen molar-refractivity contribution in [2.24, 2.45) is 0 Å². The van der Waals surface area contributed by atoms with E-state index in [1.54, 1.807) is 6.07 Å². The molecule has 0 heterocycles. The van der Waals surface area contributed by atoms with Gasteiger partial charge in [0.05, 0.1) is 6.42 Å². The molecule has 0 spiro atoms. The lowest BCUT2D eigenvalue weighted by molar-refractivity contribution is -0.137. The van der Waals surface area contributed by atoms with Gasteiger partial charge >= 0.3 is 12.1 Å². The summed E-state index contributed by atoms with van der Waals surface area (Å²) in [6, 6.07) is 5.74. The molecule has 4 nitrogen and oxygen atoms in total. The quantitative estimate of drug-likeness (QED) is 0.759. The topological polar surface area (TPSA) is 66.4 Å². The molecule has 0 fully saturated rings. The second kappa shape index (κ2) is 7.66. The van der Waals surface area contributed by atoms with Gasteiger partial charge in [-0.25, -0.2) is 0 Å². The first-order valence-corrected chi connectivity index (χ1v) is 6.44. The number of rotatable bonds is 7. The summed E-state index contributed by atoms with van der Waals surface area (Å²) >= 11 is 0. The highest BCUT2D eigenvalue weighted by atomic mass is 19.4. The first kappa shape index (κ1) is 17.0. The van der Waals surface area contributed by atoms with Gasteiger partial charge in [-0.2, -0.15) is 13.2 Å². The number of hydrogen-bond donors (Lipinski definition) is 2. The van der Waals surface area contributed by atoms with Crippen LogP contribution in [0, 0.1) is 0 Å². The highest BCUT2D eigenvalue weighted by Gasteiger charge is 2.28. The van der Waals surface area contributed by atoms with Gasteiger partial charge in [-0.1, -0.05) is 18.2 Å². The van der Waals surface area contributed by atoms with Crippen LogP contribution in [0.3, 0.4) is 0 Å². The monoisotopic (exact) mass is 303 g/mol. The number of halogens is 3. The molecule has 0 unspecified atom stereocenters. The summed E-state index contributed by atoms with van der Waals surface area (Å²) in [5.41, 5.74) is 0.141. The normalized spacial score (nSPS) is 11.2. The van der Waals surface area contributed by atoms with Crippen molar-refractivity contribution in [2.75, 3.05) is 5.32 Å². The minimum Gasteiger partial charge on any atom is -0.481 e. The van der Waals surface area contributed by atoms with E-state index < -0.39 is 24.5 Å². The van der Waals surface area contributed by atoms with E-state index in [0.717, 1.165) is 0 Å². The average molecular weight is 303 g/mol. The van der Waals surface area contributed by atoms with Crippen molar-refractivity contribution in [3.05, 3.63) is 29.8 Å². The van der Waals surface area contributed by atoms with Gasteiger partial charge in [0.1, 0.15) is 0 Å². The van der Waals surface area contributed by atoms with Crippen molar-refractivity contribution in [1.29, 1.82) is 0 Å². The van der Waals surface area contributed by atoms with Crippen LogP contribution in [-0.2, 0) is 16.0 Å². The highest BCUT2D eigenvalue weighted by Crippen LogP contribution is 2.26. The average Bonchev–Trinajstić information content (AvgIpc) is 2.35. The summed E-state index contributed by atoms with van der Waals surface area (Å²) in [4.78, 5) is 21.9. The van der Waals surface area contributed by atoms with Gasteiger partial charge < -0.3 is 10.4 Å². The Morgan fingerprint density at radius 1 is 1.10 bits per heavy atom. The summed E-state index contributed by atoms with van der Waals surface area (Å²) in [6.45, 7) is 0. The zero-order valence-corrected chi connectivity index (χ0v) is 11.2. The first-order valence-electron chi connectivity index (χ1n) is 6.44. The lowest BCUT2D eigenvalue weighted by Crippen LogP contribution is -2.16. The standard InChI is InChI=1S/C14H16F3NO3/c15-14(16,17)9-10-5-1-2-6-11(10)18-12(19)7-3-4-8-13(20)21/h1-2,5-6H,3-4,7-9H2,(H,18,19)(H,20,21). The summed E-state index contributed by atoms with van der Waals surface area (Å²) in [7, 11) is 0. The van der Waals surface area contributed by atoms with E-state index in [9.17, 15) is 22.8 Å². The van der Waals surface area contributed by atoms with E-state index in [1.807, 2.05) is 0 Å². The maximum Gasteiger partial charge on any atom is 0.393 e.